The van der Waals surface area contributed by atoms with Gasteiger partial charge in [-0.05, 0) is 38.7 Å². The Morgan fingerprint density at radius 1 is 1.28 bits per heavy atom. The Kier molecular flexibility index (Phi) is 4.19. The summed E-state index contributed by atoms with van der Waals surface area (Å²) in [6.07, 6.45) is 3.00. The van der Waals surface area contributed by atoms with Crippen molar-refractivity contribution in [3.63, 3.8) is 0 Å². The summed E-state index contributed by atoms with van der Waals surface area (Å²) in [6.45, 7) is 5.42. The number of aromatic nitrogens is 1. The molecule has 2 unspecified atom stereocenters. The second-order valence-electron chi connectivity index (χ2n) is 5.16. The first-order valence-corrected chi connectivity index (χ1v) is 6.65. The van der Waals surface area contributed by atoms with Crippen molar-refractivity contribution in [2.45, 2.75) is 38.9 Å². The molecule has 4 nitrogen and oxygen atoms in total. The number of hydrogen-bond donors (Lipinski definition) is 2. The fourth-order valence-electron chi connectivity index (χ4n) is 2.59. The standard InChI is InChI=1S/C14H22N2O2/c1-10(17)12-5-8-16(9-6-12)14-13(11(2)18)4-3-7-15-14/h3-4,7,10-12,17-18H,5-6,8-9H2,1-2H3. The molecule has 1 aromatic heterocycles. The summed E-state index contributed by atoms with van der Waals surface area (Å²) >= 11 is 0. The number of piperidine rings is 1. The van der Waals surface area contributed by atoms with Crippen LogP contribution in [0.15, 0.2) is 18.3 Å². The molecule has 2 atom stereocenters. The Labute approximate surface area is 108 Å². The minimum Gasteiger partial charge on any atom is -0.393 e. The Morgan fingerprint density at radius 3 is 2.50 bits per heavy atom. The molecule has 2 heterocycles. The van der Waals surface area contributed by atoms with E-state index in [0.717, 1.165) is 37.3 Å². The quantitative estimate of drug-likeness (QED) is 0.858. The summed E-state index contributed by atoms with van der Waals surface area (Å²) in [5, 5.41) is 19.4. The highest BCUT2D eigenvalue weighted by Crippen LogP contribution is 2.28. The molecule has 1 saturated heterocycles. The van der Waals surface area contributed by atoms with Crippen LogP contribution < -0.4 is 4.90 Å². The molecule has 0 saturated carbocycles. The van der Waals surface area contributed by atoms with Gasteiger partial charge in [0.2, 0.25) is 0 Å². The van der Waals surface area contributed by atoms with Gasteiger partial charge in [0, 0.05) is 24.8 Å². The third kappa shape index (κ3) is 2.82. The summed E-state index contributed by atoms with van der Waals surface area (Å²) in [6, 6.07) is 3.78. The molecule has 0 bridgehead atoms. The Balaban J connectivity index is 2.10. The second kappa shape index (κ2) is 5.67. The van der Waals surface area contributed by atoms with Gasteiger partial charge in [-0.15, -0.1) is 0 Å². The van der Waals surface area contributed by atoms with Crippen molar-refractivity contribution < 1.29 is 10.2 Å². The zero-order valence-electron chi connectivity index (χ0n) is 11.1. The maximum Gasteiger partial charge on any atom is 0.134 e. The van der Waals surface area contributed by atoms with Crippen LogP contribution in [0.3, 0.4) is 0 Å². The molecule has 0 spiro atoms. The fraction of sp³-hybridized carbons (Fsp3) is 0.643. The van der Waals surface area contributed by atoms with Crippen LogP contribution >= 0.6 is 0 Å². The van der Waals surface area contributed by atoms with Crippen LogP contribution in [0, 0.1) is 5.92 Å². The zero-order chi connectivity index (χ0) is 13.1. The van der Waals surface area contributed by atoms with Gasteiger partial charge in [-0.1, -0.05) is 6.07 Å². The van der Waals surface area contributed by atoms with Crippen molar-refractivity contribution in [3.05, 3.63) is 23.9 Å². The number of aliphatic hydroxyl groups excluding tert-OH is 2. The van der Waals surface area contributed by atoms with Crippen molar-refractivity contribution >= 4 is 5.82 Å². The van der Waals surface area contributed by atoms with Crippen molar-refractivity contribution in [1.82, 2.24) is 4.98 Å². The minimum absolute atomic E-state index is 0.230. The average molecular weight is 250 g/mol. The van der Waals surface area contributed by atoms with E-state index in [1.165, 1.54) is 0 Å². The molecule has 1 aliphatic rings. The lowest BCUT2D eigenvalue weighted by Gasteiger charge is -2.35. The normalized spacial score (nSPS) is 20.8. The first-order valence-electron chi connectivity index (χ1n) is 6.65. The predicted octanol–water partition coefficient (Wildman–Crippen LogP) is 1.73. The highest BCUT2D eigenvalue weighted by atomic mass is 16.3. The molecule has 1 aromatic rings. The lowest BCUT2D eigenvalue weighted by Crippen LogP contribution is -2.38. The van der Waals surface area contributed by atoms with Crippen molar-refractivity contribution in [2.24, 2.45) is 5.92 Å². The monoisotopic (exact) mass is 250 g/mol. The first-order chi connectivity index (χ1) is 8.59. The molecule has 1 fully saturated rings. The lowest BCUT2D eigenvalue weighted by atomic mass is 9.92. The summed E-state index contributed by atoms with van der Waals surface area (Å²) in [4.78, 5) is 6.61. The van der Waals surface area contributed by atoms with E-state index in [-0.39, 0.29) is 6.10 Å². The van der Waals surface area contributed by atoms with E-state index in [0.29, 0.717) is 5.92 Å². The van der Waals surface area contributed by atoms with Crippen molar-refractivity contribution in [1.29, 1.82) is 0 Å². The van der Waals surface area contributed by atoms with Gasteiger partial charge < -0.3 is 15.1 Å². The van der Waals surface area contributed by atoms with E-state index in [1.807, 2.05) is 19.1 Å². The molecular weight excluding hydrogens is 228 g/mol. The predicted molar refractivity (Wildman–Crippen MR) is 71.5 cm³/mol. The third-order valence-corrected chi connectivity index (χ3v) is 3.79. The van der Waals surface area contributed by atoms with Crippen LogP contribution in [0.1, 0.15) is 38.4 Å². The van der Waals surface area contributed by atoms with Crippen LogP contribution in [-0.4, -0.2) is 34.4 Å². The van der Waals surface area contributed by atoms with Crippen molar-refractivity contribution in [3.8, 4) is 0 Å². The maximum atomic E-state index is 9.77. The van der Waals surface area contributed by atoms with Crippen LogP contribution in [0.4, 0.5) is 5.82 Å². The van der Waals surface area contributed by atoms with E-state index >= 15 is 0 Å². The first kappa shape index (κ1) is 13.3. The van der Waals surface area contributed by atoms with E-state index in [4.69, 9.17) is 0 Å². The highest BCUT2D eigenvalue weighted by Gasteiger charge is 2.25. The fourth-order valence-corrected chi connectivity index (χ4v) is 2.59. The number of hydrogen-bond acceptors (Lipinski definition) is 4. The SMILES string of the molecule is CC(O)c1cccnc1N1CCC(C(C)O)CC1. The summed E-state index contributed by atoms with van der Waals surface area (Å²) < 4.78 is 0. The Bertz CT molecular complexity index is 385. The van der Waals surface area contributed by atoms with Gasteiger partial charge in [-0.3, -0.25) is 0 Å². The number of anilines is 1. The van der Waals surface area contributed by atoms with Gasteiger partial charge in [0.15, 0.2) is 0 Å². The molecule has 0 radical (unpaired) electrons. The van der Waals surface area contributed by atoms with E-state index in [2.05, 4.69) is 9.88 Å². The topological polar surface area (TPSA) is 56.6 Å². The van der Waals surface area contributed by atoms with Gasteiger partial charge in [-0.25, -0.2) is 4.98 Å². The Hall–Kier alpha value is -1.13. The van der Waals surface area contributed by atoms with Gasteiger partial charge >= 0.3 is 0 Å². The molecule has 0 aliphatic carbocycles. The molecule has 2 N–H and O–H groups in total. The van der Waals surface area contributed by atoms with Crippen molar-refractivity contribution in [2.75, 3.05) is 18.0 Å². The lowest BCUT2D eigenvalue weighted by molar-refractivity contribution is 0.109. The van der Waals surface area contributed by atoms with E-state index < -0.39 is 6.10 Å². The maximum absolute atomic E-state index is 9.77. The molecule has 0 amide bonds. The molecule has 100 valence electrons. The molecule has 2 rings (SSSR count). The number of rotatable bonds is 3. The molecule has 4 heteroatoms. The zero-order valence-corrected chi connectivity index (χ0v) is 11.1. The highest BCUT2D eigenvalue weighted by molar-refractivity contribution is 5.48. The van der Waals surface area contributed by atoms with E-state index in [9.17, 15) is 10.2 Å². The molecule has 0 aromatic carbocycles. The number of nitrogens with zero attached hydrogens (tertiary/aromatic N) is 2. The summed E-state index contributed by atoms with van der Waals surface area (Å²) in [5.41, 5.74) is 0.882. The largest absolute Gasteiger partial charge is 0.393 e. The average Bonchev–Trinajstić information content (AvgIpc) is 2.39. The van der Waals surface area contributed by atoms with Gasteiger partial charge in [-0.2, -0.15) is 0 Å². The second-order valence-corrected chi connectivity index (χ2v) is 5.16. The molecule has 1 aliphatic heterocycles. The van der Waals surface area contributed by atoms with Gasteiger partial charge in [0.25, 0.3) is 0 Å². The van der Waals surface area contributed by atoms with Gasteiger partial charge in [0.05, 0.1) is 12.2 Å². The molecule has 18 heavy (non-hydrogen) atoms. The number of pyridine rings is 1. The Morgan fingerprint density at radius 2 is 1.94 bits per heavy atom. The third-order valence-electron chi connectivity index (χ3n) is 3.79. The van der Waals surface area contributed by atoms with Crippen LogP contribution in [0.25, 0.3) is 0 Å². The van der Waals surface area contributed by atoms with Crippen LogP contribution in [0.2, 0.25) is 0 Å². The summed E-state index contributed by atoms with van der Waals surface area (Å²) in [7, 11) is 0. The molecular formula is C14H22N2O2. The summed E-state index contributed by atoms with van der Waals surface area (Å²) in [5.74, 6) is 1.27. The smallest absolute Gasteiger partial charge is 0.134 e. The minimum atomic E-state index is -0.497. The van der Waals surface area contributed by atoms with Crippen LogP contribution in [0.5, 0.6) is 0 Å². The van der Waals surface area contributed by atoms with Crippen LogP contribution in [-0.2, 0) is 0 Å². The van der Waals surface area contributed by atoms with Gasteiger partial charge in [0.1, 0.15) is 5.82 Å². The number of aliphatic hydroxyl groups is 2. The van der Waals surface area contributed by atoms with E-state index in [1.54, 1.807) is 13.1 Å².